The van der Waals surface area contributed by atoms with Crippen LogP contribution in [0.4, 0.5) is 11.4 Å². The molecule has 246 valence electrons. The zero-order chi connectivity index (χ0) is 32.2. The first-order valence-electron chi connectivity index (χ1n) is 16.6. The lowest BCUT2D eigenvalue weighted by atomic mass is 10.1. The van der Waals surface area contributed by atoms with E-state index in [1.165, 1.54) is 11.4 Å². The molecule has 2 aromatic rings. The third kappa shape index (κ3) is 15.3. The Balaban J connectivity index is 0.000000349. The van der Waals surface area contributed by atoms with Gasteiger partial charge in [-0.2, -0.15) is 0 Å². The molecule has 43 heavy (non-hydrogen) atoms. The third-order valence-electron chi connectivity index (χ3n) is 7.29. The summed E-state index contributed by atoms with van der Waals surface area (Å²) in [5, 5.41) is 0. The maximum Gasteiger partial charge on any atom is 0.0877 e. The van der Waals surface area contributed by atoms with Gasteiger partial charge in [-0.05, 0) is 78.4 Å². The third-order valence-corrected chi connectivity index (χ3v) is 7.29. The number of hydrogen-bond donors (Lipinski definition) is 0. The smallest absolute Gasteiger partial charge is 0.0877 e. The molecule has 4 heterocycles. The number of likely N-dealkylation sites (N-methyl/N-ethyl adjacent to an activating group) is 1. The molecule has 2 aromatic heterocycles. The van der Waals surface area contributed by atoms with Gasteiger partial charge in [0.2, 0.25) is 0 Å². The van der Waals surface area contributed by atoms with Gasteiger partial charge in [0.25, 0.3) is 0 Å². The summed E-state index contributed by atoms with van der Waals surface area (Å²) in [4.78, 5) is 18.4. The van der Waals surface area contributed by atoms with Crippen LogP contribution in [0.1, 0.15) is 79.1 Å². The molecule has 0 amide bonds. The monoisotopic (exact) mass is 601 g/mol. The SMILES string of the molecule is CC.CC(C)c1ccc(N2CCOC(CN(C)C)C2)cn1.CCCOCC.Cc1ccc(N2CCN(C(C)C)CC2)cn1. The van der Waals surface area contributed by atoms with Crippen LogP contribution in [0.25, 0.3) is 0 Å². The zero-order valence-corrected chi connectivity index (χ0v) is 29.5. The summed E-state index contributed by atoms with van der Waals surface area (Å²) in [6, 6.07) is 9.24. The highest BCUT2D eigenvalue weighted by Crippen LogP contribution is 2.20. The van der Waals surface area contributed by atoms with Crippen molar-refractivity contribution in [3.63, 3.8) is 0 Å². The Labute approximate surface area is 264 Å². The van der Waals surface area contributed by atoms with Gasteiger partial charge >= 0.3 is 0 Å². The van der Waals surface area contributed by atoms with Gasteiger partial charge in [-0.1, -0.05) is 34.6 Å². The van der Waals surface area contributed by atoms with Crippen LogP contribution in [0.3, 0.4) is 0 Å². The number of anilines is 2. The summed E-state index contributed by atoms with van der Waals surface area (Å²) in [5.74, 6) is 0.486. The minimum Gasteiger partial charge on any atom is -0.382 e. The van der Waals surface area contributed by atoms with Gasteiger partial charge in [0.15, 0.2) is 0 Å². The lowest BCUT2D eigenvalue weighted by molar-refractivity contribution is 0.0247. The number of nitrogens with zero attached hydrogens (tertiary/aromatic N) is 6. The zero-order valence-electron chi connectivity index (χ0n) is 29.5. The Morgan fingerprint density at radius 3 is 1.98 bits per heavy atom. The lowest BCUT2D eigenvalue weighted by Gasteiger charge is -2.37. The average molecular weight is 601 g/mol. The van der Waals surface area contributed by atoms with Crippen molar-refractivity contribution in [1.82, 2.24) is 19.8 Å². The van der Waals surface area contributed by atoms with E-state index in [0.29, 0.717) is 12.0 Å². The summed E-state index contributed by atoms with van der Waals surface area (Å²) in [6.07, 6.45) is 5.40. The fraction of sp³-hybridized carbons (Fsp3) is 0.714. The highest BCUT2D eigenvalue weighted by molar-refractivity contribution is 5.46. The van der Waals surface area contributed by atoms with Crippen LogP contribution in [-0.2, 0) is 9.47 Å². The minimum absolute atomic E-state index is 0.286. The molecule has 4 rings (SSSR count). The second-order valence-corrected chi connectivity index (χ2v) is 11.8. The number of piperazine rings is 1. The molecule has 2 fully saturated rings. The van der Waals surface area contributed by atoms with E-state index in [2.05, 4.69) is 103 Å². The van der Waals surface area contributed by atoms with Crippen molar-refractivity contribution >= 4 is 11.4 Å². The first-order chi connectivity index (χ1) is 20.6. The molecule has 1 atom stereocenters. The van der Waals surface area contributed by atoms with Gasteiger partial charge in [0.1, 0.15) is 0 Å². The molecule has 0 aromatic carbocycles. The van der Waals surface area contributed by atoms with Crippen molar-refractivity contribution in [2.45, 2.75) is 86.8 Å². The molecule has 2 aliphatic rings. The number of aromatic nitrogens is 2. The van der Waals surface area contributed by atoms with Gasteiger partial charge in [-0.25, -0.2) is 0 Å². The lowest BCUT2D eigenvalue weighted by Crippen LogP contribution is -2.48. The number of rotatable bonds is 9. The van der Waals surface area contributed by atoms with Gasteiger partial charge in [-0.15, -0.1) is 0 Å². The molecule has 0 spiro atoms. The van der Waals surface area contributed by atoms with Crippen LogP contribution < -0.4 is 9.80 Å². The van der Waals surface area contributed by atoms with E-state index in [0.717, 1.165) is 83.4 Å². The van der Waals surface area contributed by atoms with Crippen molar-refractivity contribution in [1.29, 1.82) is 0 Å². The first kappa shape index (κ1) is 38.8. The topological polar surface area (TPSA) is 57.2 Å². The maximum absolute atomic E-state index is 5.80. The Kier molecular flexibility index (Phi) is 20.1. The van der Waals surface area contributed by atoms with Crippen molar-refractivity contribution < 1.29 is 9.47 Å². The summed E-state index contributed by atoms with van der Waals surface area (Å²) < 4.78 is 10.8. The predicted molar refractivity (Wildman–Crippen MR) is 185 cm³/mol. The van der Waals surface area contributed by atoms with Crippen molar-refractivity contribution in [3.8, 4) is 0 Å². The van der Waals surface area contributed by atoms with Crippen LogP contribution in [0.2, 0.25) is 0 Å². The van der Waals surface area contributed by atoms with E-state index in [1.807, 2.05) is 40.1 Å². The van der Waals surface area contributed by atoms with Crippen LogP contribution >= 0.6 is 0 Å². The first-order valence-corrected chi connectivity index (χ1v) is 16.6. The average Bonchev–Trinajstić information content (AvgIpc) is 3.02. The molecule has 0 N–H and O–H groups in total. The Hall–Kier alpha value is -2.26. The predicted octanol–water partition coefficient (Wildman–Crippen LogP) is 6.35. The van der Waals surface area contributed by atoms with Crippen LogP contribution in [0, 0.1) is 6.92 Å². The maximum atomic E-state index is 5.80. The van der Waals surface area contributed by atoms with E-state index < -0.39 is 0 Å². The summed E-state index contributed by atoms with van der Waals surface area (Å²) in [5.41, 5.74) is 4.71. The quantitative estimate of drug-likeness (QED) is 0.309. The normalized spacial score (nSPS) is 17.1. The Morgan fingerprint density at radius 1 is 0.884 bits per heavy atom. The summed E-state index contributed by atoms with van der Waals surface area (Å²) in [6.45, 7) is 29.0. The number of hydrogen-bond acceptors (Lipinski definition) is 8. The van der Waals surface area contributed by atoms with Crippen LogP contribution in [0.5, 0.6) is 0 Å². The van der Waals surface area contributed by atoms with Gasteiger partial charge in [0, 0.05) is 76.5 Å². The molecule has 0 aliphatic carbocycles. The van der Waals surface area contributed by atoms with E-state index in [1.54, 1.807) is 0 Å². The molecular weight excluding hydrogens is 536 g/mol. The number of pyridine rings is 2. The van der Waals surface area contributed by atoms with E-state index in [9.17, 15) is 0 Å². The minimum atomic E-state index is 0.286. The van der Waals surface area contributed by atoms with Gasteiger partial charge in [0.05, 0.1) is 36.5 Å². The molecule has 0 radical (unpaired) electrons. The highest BCUT2D eigenvalue weighted by Gasteiger charge is 2.21. The van der Waals surface area contributed by atoms with Gasteiger partial charge < -0.3 is 24.2 Å². The molecule has 2 aliphatic heterocycles. The van der Waals surface area contributed by atoms with Crippen LogP contribution in [0.15, 0.2) is 36.7 Å². The fourth-order valence-corrected chi connectivity index (χ4v) is 4.83. The van der Waals surface area contributed by atoms with Gasteiger partial charge in [-0.3, -0.25) is 14.9 Å². The van der Waals surface area contributed by atoms with Crippen molar-refractivity contribution in [2.75, 3.05) is 89.5 Å². The van der Waals surface area contributed by atoms with E-state index in [4.69, 9.17) is 9.47 Å². The second-order valence-electron chi connectivity index (χ2n) is 11.8. The van der Waals surface area contributed by atoms with Crippen LogP contribution in [-0.4, -0.2) is 112 Å². The summed E-state index contributed by atoms with van der Waals surface area (Å²) in [7, 11) is 4.17. The Bertz CT molecular complexity index is 924. The number of ether oxygens (including phenoxy) is 2. The molecule has 0 saturated carbocycles. The molecule has 0 bridgehead atoms. The molecule has 1 unspecified atom stereocenters. The number of morpholine rings is 1. The highest BCUT2D eigenvalue weighted by atomic mass is 16.5. The Morgan fingerprint density at radius 2 is 1.51 bits per heavy atom. The number of aryl methyl sites for hydroxylation is 1. The standard InChI is InChI=1S/C15H25N3O.C13H21N3.C5H12O.C2H6/c1-12(2)15-6-5-13(9-16-15)18-7-8-19-14(11-18)10-17(3)4;1-11(2)15-6-8-16(9-7-15)13-5-4-12(3)14-10-13;1-3-5-6-4-2;1-2/h5-6,9,12,14H,7-8,10-11H2,1-4H3;4-5,10-11H,6-9H2,1-3H3;3-5H2,1-2H3;1-2H3. The largest absolute Gasteiger partial charge is 0.382 e. The van der Waals surface area contributed by atoms with Crippen molar-refractivity contribution in [2.24, 2.45) is 0 Å². The van der Waals surface area contributed by atoms with E-state index in [-0.39, 0.29) is 6.10 Å². The fourth-order valence-electron chi connectivity index (χ4n) is 4.83. The molecule has 8 nitrogen and oxygen atoms in total. The second kappa shape index (κ2) is 22.3. The molecule has 8 heteroatoms. The molecular formula is C35H64N6O2. The molecule has 2 saturated heterocycles. The van der Waals surface area contributed by atoms with E-state index >= 15 is 0 Å². The summed E-state index contributed by atoms with van der Waals surface area (Å²) >= 11 is 0. The van der Waals surface area contributed by atoms with Crippen molar-refractivity contribution in [3.05, 3.63) is 48.0 Å².